The summed E-state index contributed by atoms with van der Waals surface area (Å²) in [6, 6.07) is 6.64. The number of ether oxygens (including phenoxy) is 1. The Labute approximate surface area is 225 Å². The van der Waals surface area contributed by atoms with Crippen molar-refractivity contribution in [2.45, 2.75) is 78.3 Å². The number of aryl methyl sites for hydroxylation is 1. The molecule has 7 nitrogen and oxygen atoms in total. The van der Waals surface area contributed by atoms with Crippen LogP contribution < -0.4 is 0 Å². The largest absolute Gasteiger partial charge is 0.465 e. The van der Waals surface area contributed by atoms with Gasteiger partial charge >= 0.3 is 5.97 Å². The first-order valence-corrected chi connectivity index (χ1v) is 13.9. The number of rotatable bonds is 13. The molecule has 4 rings (SSSR count). The maximum absolute atomic E-state index is 13.3. The third kappa shape index (κ3) is 6.32. The van der Waals surface area contributed by atoms with Crippen molar-refractivity contribution >= 4 is 39.8 Å². The molecule has 0 fully saturated rings. The van der Waals surface area contributed by atoms with Crippen molar-refractivity contribution in [3.8, 4) is 0 Å². The molecule has 204 valence electrons. The van der Waals surface area contributed by atoms with E-state index in [0.29, 0.717) is 31.6 Å². The molecular weight excluding hydrogens is 480 g/mol. The zero-order valence-corrected chi connectivity index (χ0v) is 23.1. The van der Waals surface area contributed by atoms with Crippen LogP contribution in [0.4, 0.5) is 0 Å². The van der Waals surface area contributed by atoms with E-state index in [1.807, 2.05) is 13.8 Å². The molecule has 3 atom stereocenters. The fourth-order valence-electron chi connectivity index (χ4n) is 5.78. The number of ketones is 3. The van der Waals surface area contributed by atoms with Gasteiger partial charge in [-0.05, 0) is 55.5 Å². The standard InChI is InChI=1S/C31H40N2O5/c1-5-24(35)8-7-13-33-18-23-16-28-26(25-9-6-10-27(33)31(23)25)15-22(17-32(28)4)29(36)14-20(2)19-38-30(37)12-11-21(3)34/h6,9-10,15,18,20,22,28H,5,7-8,11-14,16-17,19H2,1-4H3/t20?,22-,28-/m1/s1. The number of hydrogen-bond acceptors (Lipinski definition) is 6. The Kier molecular flexibility index (Phi) is 8.98. The molecule has 0 N–H and O–H groups in total. The number of carbonyl (C=O) groups excluding carboxylic acids is 4. The molecule has 2 aromatic rings. The predicted molar refractivity (Wildman–Crippen MR) is 148 cm³/mol. The van der Waals surface area contributed by atoms with Crippen LogP contribution in [-0.4, -0.2) is 59.0 Å². The maximum Gasteiger partial charge on any atom is 0.306 e. The van der Waals surface area contributed by atoms with E-state index < -0.39 is 5.97 Å². The quantitative estimate of drug-likeness (QED) is 0.354. The van der Waals surface area contributed by atoms with Gasteiger partial charge in [0.05, 0.1) is 13.0 Å². The van der Waals surface area contributed by atoms with Gasteiger partial charge in [-0.3, -0.25) is 19.3 Å². The van der Waals surface area contributed by atoms with Gasteiger partial charge in [0.15, 0.2) is 0 Å². The lowest BCUT2D eigenvalue weighted by Crippen LogP contribution is -2.44. The molecule has 0 amide bonds. The van der Waals surface area contributed by atoms with Gasteiger partial charge in [0.2, 0.25) is 0 Å². The number of fused-ring (bicyclic) bond motifs is 2. The van der Waals surface area contributed by atoms with E-state index in [1.54, 1.807) is 0 Å². The molecule has 1 aliphatic heterocycles. The van der Waals surface area contributed by atoms with E-state index in [9.17, 15) is 19.2 Å². The summed E-state index contributed by atoms with van der Waals surface area (Å²) < 4.78 is 7.58. The highest BCUT2D eigenvalue weighted by atomic mass is 16.5. The highest BCUT2D eigenvalue weighted by Gasteiger charge is 2.36. The summed E-state index contributed by atoms with van der Waals surface area (Å²) in [5.74, 6) is -0.256. The maximum atomic E-state index is 13.3. The van der Waals surface area contributed by atoms with Crippen LogP contribution in [0.1, 0.15) is 70.4 Å². The molecular formula is C31H40N2O5. The molecule has 0 saturated carbocycles. The Balaban J connectivity index is 1.47. The van der Waals surface area contributed by atoms with Gasteiger partial charge in [0.25, 0.3) is 0 Å². The van der Waals surface area contributed by atoms with E-state index in [1.165, 1.54) is 34.5 Å². The van der Waals surface area contributed by atoms with Crippen molar-refractivity contribution in [1.82, 2.24) is 9.47 Å². The average Bonchev–Trinajstić information content (AvgIpc) is 3.25. The zero-order valence-electron chi connectivity index (χ0n) is 23.1. The molecule has 7 heteroatoms. The number of carbonyl (C=O) groups is 4. The second kappa shape index (κ2) is 12.2. The smallest absolute Gasteiger partial charge is 0.306 e. The first kappa shape index (κ1) is 28.0. The average molecular weight is 521 g/mol. The SMILES string of the molecule is CCC(=O)CCCn1cc2c3c(cccc31)C1=C[C@@H](C(=O)CC(C)COC(=O)CCC(C)=O)CN(C)[C@@H]1C2. The lowest BCUT2D eigenvalue weighted by Gasteiger charge is -2.39. The summed E-state index contributed by atoms with van der Waals surface area (Å²) in [4.78, 5) is 50.3. The number of benzene rings is 1. The Morgan fingerprint density at radius 2 is 1.92 bits per heavy atom. The highest BCUT2D eigenvalue weighted by Crippen LogP contribution is 2.42. The van der Waals surface area contributed by atoms with E-state index in [-0.39, 0.29) is 48.9 Å². The lowest BCUT2D eigenvalue weighted by atomic mass is 9.78. The minimum atomic E-state index is -0.392. The predicted octanol–water partition coefficient (Wildman–Crippen LogP) is 4.78. The van der Waals surface area contributed by atoms with E-state index >= 15 is 0 Å². The van der Waals surface area contributed by atoms with Crippen LogP contribution in [0.15, 0.2) is 30.5 Å². The number of esters is 1. The fraction of sp³-hybridized carbons (Fsp3) is 0.548. The highest BCUT2D eigenvalue weighted by molar-refractivity contribution is 6.00. The minimum absolute atomic E-state index is 0.0384. The van der Waals surface area contributed by atoms with E-state index in [2.05, 4.69) is 47.0 Å². The van der Waals surface area contributed by atoms with Gasteiger partial charge < -0.3 is 14.1 Å². The van der Waals surface area contributed by atoms with Crippen molar-refractivity contribution in [2.24, 2.45) is 11.8 Å². The molecule has 0 saturated heterocycles. The van der Waals surface area contributed by atoms with Gasteiger partial charge in [-0.25, -0.2) is 0 Å². The summed E-state index contributed by atoms with van der Waals surface area (Å²) in [5, 5.41) is 1.27. The Hall–Kier alpha value is -3.06. The van der Waals surface area contributed by atoms with Crippen molar-refractivity contribution in [3.63, 3.8) is 0 Å². The molecule has 0 bridgehead atoms. The zero-order chi connectivity index (χ0) is 27.4. The number of likely N-dealkylation sites (N-methyl/N-ethyl adjacent to an activating group) is 1. The Morgan fingerprint density at radius 3 is 2.66 bits per heavy atom. The number of nitrogens with zero attached hydrogens (tertiary/aromatic N) is 2. The number of hydrogen-bond donors (Lipinski definition) is 0. The Morgan fingerprint density at radius 1 is 1.13 bits per heavy atom. The van der Waals surface area contributed by atoms with Crippen LogP contribution in [0.5, 0.6) is 0 Å². The molecule has 1 aliphatic carbocycles. The van der Waals surface area contributed by atoms with Crippen molar-refractivity contribution in [3.05, 3.63) is 41.6 Å². The van der Waals surface area contributed by atoms with Gasteiger partial charge in [0, 0.05) is 67.8 Å². The first-order valence-electron chi connectivity index (χ1n) is 13.9. The molecule has 1 aromatic heterocycles. The van der Waals surface area contributed by atoms with Crippen molar-refractivity contribution in [2.75, 3.05) is 20.2 Å². The van der Waals surface area contributed by atoms with Crippen molar-refractivity contribution < 1.29 is 23.9 Å². The third-order valence-electron chi connectivity index (χ3n) is 7.89. The third-order valence-corrected chi connectivity index (χ3v) is 7.89. The summed E-state index contributed by atoms with van der Waals surface area (Å²) >= 11 is 0. The van der Waals surface area contributed by atoms with Crippen LogP contribution >= 0.6 is 0 Å². The summed E-state index contributed by atoms with van der Waals surface area (Å²) in [6.07, 6.45) is 8.00. The fourth-order valence-corrected chi connectivity index (χ4v) is 5.78. The summed E-state index contributed by atoms with van der Waals surface area (Å²) in [7, 11) is 2.09. The van der Waals surface area contributed by atoms with Gasteiger partial charge in [-0.15, -0.1) is 0 Å². The van der Waals surface area contributed by atoms with Crippen LogP contribution in [0.3, 0.4) is 0 Å². The van der Waals surface area contributed by atoms with E-state index in [4.69, 9.17) is 4.74 Å². The molecule has 0 radical (unpaired) electrons. The topological polar surface area (TPSA) is 85.7 Å². The summed E-state index contributed by atoms with van der Waals surface area (Å²) in [6.45, 7) is 6.97. The normalized spacial score (nSPS) is 19.5. The molecule has 0 spiro atoms. The summed E-state index contributed by atoms with van der Waals surface area (Å²) in [5.41, 5.74) is 4.94. The van der Waals surface area contributed by atoms with Gasteiger partial charge in [-0.2, -0.15) is 0 Å². The second-order valence-corrected chi connectivity index (χ2v) is 11.1. The Bertz CT molecular complexity index is 1260. The van der Waals surface area contributed by atoms with E-state index in [0.717, 1.165) is 19.4 Å². The van der Waals surface area contributed by atoms with Crippen LogP contribution in [0, 0.1) is 11.8 Å². The number of aromatic nitrogens is 1. The molecule has 1 aromatic carbocycles. The molecule has 1 unspecified atom stereocenters. The lowest BCUT2D eigenvalue weighted by molar-refractivity contribution is -0.146. The first-order chi connectivity index (χ1) is 18.2. The van der Waals surface area contributed by atoms with Crippen molar-refractivity contribution in [1.29, 1.82) is 0 Å². The minimum Gasteiger partial charge on any atom is -0.465 e. The van der Waals surface area contributed by atoms with Crippen LogP contribution in [-0.2, 0) is 36.9 Å². The van der Waals surface area contributed by atoms with Gasteiger partial charge in [-0.1, -0.05) is 32.1 Å². The molecule has 2 aliphatic rings. The van der Waals surface area contributed by atoms with Gasteiger partial charge in [0.1, 0.15) is 17.3 Å². The number of Topliss-reactive ketones (excluding diaryl/α,β-unsaturated/α-hetero) is 3. The molecule has 38 heavy (non-hydrogen) atoms. The second-order valence-electron chi connectivity index (χ2n) is 11.1. The van der Waals surface area contributed by atoms with Crippen LogP contribution in [0.2, 0.25) is 0 Å². The van der Waals surface area contributed by atoms with Crippen LogP contribution in [0.25, 0.3) is 16.5 Å². The monoisotopic (exact) mass is 520 g/mol. The molecule has 2 heterocycles.